The fraction of sp³-hybridized carbons (Fsp3) is 0.250. The van der Waals surface area contributed by atoms with Gasteiger partial charge in [-0.05, 0) is 24.3 Å². The van der Waals surface area contributed by atoms with Gasteiger partial charge in [-0.3, -0.25) is 4.79 Å². The van der Waals surface area contributed by atoms with Gasteiger partial charge in [0.25, 0.3) is 0 Å². The Morgan fingerprint density at radius 3 is 1.76 bits per heavy atom. The molecule has 0 bridgehead atoms. The van der Waals surface area contributed by atoms with Gasteiger partial charge in [0.2, 0.25) is 0 Å². The van der Waals surface area contributed by atoms with Crippen molar-refractivity contribution in [1.82, 2.24) is 0 Å². The predicted octanol–water partition coefficient (Wildman–Crippen LogP) is 2.91. The van der Waals surface area contributed by atoms with E-state index in [1.54, 1.807) is 48.5 Å². The third kappa shape index (κ3) is 4.12. The van der Waals surface area contributed by atoms with Gasteiger partial charge in [0, 0.05) is 12.3 Å². The number of rotatable bonds is 6. The van der Waals surface area contributed by atoms with Crippen LogP contribution in [0.25, 0.3) is 0 Å². The first-order valence-corrected chi connectivity index (χ1v) is 8.12. The molecule has 5 heteroatoms. The maximum Gasteiger partial charge on any atom is 0.338 e. The number of carbonyl (C=O) groups is 3. The van der Waals surface area contributed by atoms with Crippen molar-refractivity contribution in [3.05, 3.63) is 71.8 Å². The van der Waals surface area contributed by atoms with Crippen LogP contribution in [0.3, 0.4) is 0 Å². The van der Waals surface area contributed by atoms with Crippen LogP contribution in [-0.4, -0.2) is 30.9 Å². The molecule has 2 aromatic rings. The van der Waals surface area contributed by atoms with Crippen LogP contribution in [-0.2, 0) is 14.3 Å². The monoisotopic (exact) mass is 338 g/mol. The predicted molar refractivity (Wildman–Crippen MR) is 90.1 cm³/mol. The minimum Gasteiger partial charge on any atom is -0.462 e. The average molecular weight is 338 g/mol. The molecular weight excluding hydrogens is 320 g/mol. The van der Waals surface area contributed by atoms with Crippen molar-refractivity contribution in [2.75, 3.05) is 13.2 Å². The van der Waals surface area contributed by atoms with Crippen LogP contribution in [0.2, 0.25) is 0 Å². The van der Waals surface area contributed by atoms with Gasteiger partial charge < -0.3 is 9.47 Å². The van der Waals surface area contributed by atoms with E-state index in [1.807, 2.05) is 12.1 Å². The molecule has 0 aliphatic heterocycles. The van der Waals surface area contributed by atoms with Crippen LogP contribution in [0, 0.1) is 11.8 Å². The summed E-state index contributed by atoms with van der Waals surface area (Å²) in [6.07, 6.45) is 0.343. The van der Waals surface area contributed by atoms with Crippen LogP contribution in [0.5, 0.6) is 0 Å². The Morgan fingerprint density at radius 1 is 0.800 bits per heavy atom. The summed E-state index contributed by atoms with van der Waals surface area (Å²) in [5.41, 5.74) is 0.918. The van der Waals surface area contributed by atoms with Gasteiger partial charge in [0.05, 0.1) is 23.7 Å². The van der Waals surface area contributed by atoms with Gasteiger partial charge in [-0.15, -0.1) is 0 Å². The minimum absolute atomic E-state index is 0.0140. The van der Waals surface area contributed by atoms with Crippen LogP contribution in [0.1, 0.15) is 27.1 Å². The van der Waals surface area contributed by atoms with Gasteiger partial charge in [0.1, 0.15) is 12.4 Å². The van der Waals surface area contributed by atoms with Gasteiger partial charge in [0.15, 0.2) is 0 Å². The van der Waals surface area contributed by atoms with E-state index in [0.717, 1.165) is 0 Å². The molecule has 0 N–H and O–H groups in total. The van der Waals surface area contributed by atoms with E-state index in [-0.39, 0.29) is 24.9 Å². The van der Waals surface area contributed by atoms with Gasteiger partial charge >= 0.3 is 11.9 Å². The molecule has 25 heavy (non-hydrogen) atoms. The Bertz CT molecular complexity index is 754. The molecule has 2 atom stereocenters. The van der Waals surface area contributed by atoms with Crippen molar-refractivity contribution in [2.24, 2.45) is 11.8 Å². The fourth-order valence-electron chi connectivity index (χ4n) is 2.72. The summed E-state index contributed by atoms with van der Waals surface area (Å²) in [6, 6.07) is 17.3. The molecule has 0 heterocycles. The first kappa shape index (κ1) is 16.9. The van der Waals surface area contributed by atoms with E-state index >= 15 is 0 Å². The molecule has 0 radical (unpaired) electrons. The number of Topliss-reactive ketones (excluding diaryl/α,β-unsaturated/α-hetero) is 1. The highest BCUT2D eigenvalue weighted by molar-refractivity contribution is 5.91. The molecule has 0 spiro atoms. The van der Waals surface area contributed by atoms with Crippen molar-refractivity contribution in [3.8, 4) is 0 Å². The Balaban J connectivity index is 1.48. The molecule has 1 aliphatic carbocycles. The largest absolute Gasteiger partial charge is 0.462 e. The van der Waals surface area contributed by atoms with Crippen LogP contribution >= 0.6 is 0 Å². The topological polar surface area (TPSA) is 69.7 Å². The second kappa shape index (κ2) is 7.75. The number of hydrogen-bond acceptors (Lipinski definition) is 5. The molecule has 0 aromatic heterocycles. The smallest absolute Gasteiger partial charge is 0.338 e. The van der Waals surface area contributed by atoms with Gasteiger partial charge in [-0.1, -0.05) is 36.4 Å². The molecule has 0 amide bonds. The Labute approximate surface area is 145 Å². The fourth-order valence-corrected chi connectivity index (χ4v) is 2.72. The zero-order valence-electron chi connectivity index (χ0n) is 13.6. The lowest BCUT2D eigenvalue weighted by Crippen LogP contribution is -2.43. The molecule has 1 unspecified atom stereocenters. The molecule has 1 fully saturated rings. The van der Waals surface area contributed by atoms with E-state index in [0.29, 0.717) is 17.5 Å². The normalized spacial score (nSPS) is 19.0. The maximum atomic E-state index is 11.9. The molecule has 1 saturated carbocycles. The van der Waals surface area contributed by atoms with Crippen LogP contribution in [0.4, 0.5) is 0 Å². The van der Waals surface area contributed by atoms with E-state index in [2.05, 4.69) is 0 Å². The molecule has 128 valence electrons. The summed E-state index contributed by atoms with van der Waals surface area (Å²) in [4.78, 5) is 35.6. The third-order valence-corrected chi connectivity index (χ3v) is 4.29. The van der Waals surface area contributed by atoms with E-state index in [4.69, 9.17) is 9.47 Å². The number of hydrogen-bond donors (Lipinski definition) is 0. The lowest BCUT2D eigenvalue weighted by atomic mass is 9.73. The number of ether oxygens (including phenoxy) is 2. The number of ketones is 1. The number of benzene rings is 2. The first-order chi connectivity index (χ1) is 12.1. The van der Waals surface area contributed by atoms with Crippen LogP contribution < -0.4 is 0 Å². The van der Waals surface area contributed by atoms with Gasteiger partial charge in [-0.25, -0.2) is 9.59 Å². The molecule has 3 rings (SSSR count). The second-order valence-corrected chi connectivity index (χ2v) is 5.97. The molecule has 1 aliphatic rings. The van der Waals surface area contributed by atoms with E-state index < -0.39 is 17.9 Å². The second-order valence-electron chi connectivity index (χ2n) is 5.97. The molecule has 2 aromatic carbocycles. The summed E-state index contributed by atoms with van der Waals surface area (Å²) >= 11 is 0. The van der Waals surface area contributed by atoms with E-state index in [9.17, 15) is 14.4 Å². The summed E-state index contributed by atoms with van der Waals surface area (Å²) in [7, 11) is 0. The van der Waals surface area contributed by atoms with Crippen molar-refractivity contribution in [2.45, 2.75) is 6.42 Å². The van der Waals surface area contributed by atoms with Crippen molar-refractivity contribution >= 4 is 17.7 Å². The van der Waals surface area contributed by atoms with Crippen molar-refractivity contribution < 1.29 is 23.9 Å². The lowest BCUT2D eigenvalue weighted by Gasteiger charge is -2.33. The Hall–Kier alpha value is -2.95. The average Bonchev–Trinajstić information content (AvgIpc) is 2.66. The van der Waals surface area contributed by atoms with E-state index in [1.165, 1.54) is 0 Å². The zero-order valence-corrected chi connectivity index (χ0v) is 13.6. The Kier molecular flexibility index (Phi) is 5.23. The van der Waals surface area contributed by atoms with Crippen molar-refractivity contribution in [3.63, 3.8) is 0 Å². The maximum absolute atomic E-state index is 11.9. The highest BCUT2D eigenvalue weighted by atomic mass is 16.5. The number of esters is 2. The summed E-state index contributed by atoms with van der Waals surface area (Å²) in [6.45, 7) is 0.160. The summed E-state index contributed by atoms with van der Waals surface area (Å²) in [5.74, 6) is -1.36. The van der Waals surface area contributed by atoms with Crippen molar-refractivity contribution in [1.29, 1.82) is 0 Å². The molecule has 5 nitrogen and oxygen atoms in total. The summed E-state index contributed by atoms with van der Waals surface area (Å²) in [5, 5.41) is 0. The number of carbonyl (C=O) groups excluding carboxylic acids is 3. The first-order valence-electron chi connectivity index (χ1n) is 8.12. The standard InChI is InChI=1S/C20H18O5/c21-18-11-16(12-24-19(22)14-7-3-1-4-8-14)17(18)13-25-20(23)15-9-5-2-6-10-15/h1-10,16-17H,11-13H2/t16-,17?/m0/s1. The Morgan fingerprint density at radius 2 is 1.28 bits per heavy atom. The molecule has 0 saturated heterocycles. The minimum atomic E-state index is -0.458. The highest BCUT2D eigenvalue weighted by Gasteiger charge is 2.41. The van der Waals surface area contributed by atoms with Gasteiger partial charge in [-0.2, -0.15) is 0 Å². The zero-order chi connectivity index (χ0) is 17.6. The summed E-state index contributed by atoms with van der Waals surface area (Å²) < 4.78 is 10.5. The SMILES string of the molecule is O=C(OCC1C(=O)C[C@H]1COC(=O)c1ccccc1)c1ccccc1. The lowest BCUT2D eigenvalue weighted by molar-refractivity contribution is -0.138. The van der Waals surface area contributed by atoms with Crippen LogP contribution in [0.15, 0.2) is 60.7 Å². The quantitative estimate of drug-likeness (QED) is 0.758. The third-order valence-electron chi connectivity index (χ3n) is 4.29. The highest BCUT2D eigenvalue weighted by Crippen LogP contribution is 2.31. The molecular formula is C20H18O5.